The molecule has 1 fully saturated rings. The summed E-state index contributed by atoms with van der Waals surface area (Å²) >= 11 is 7.49. The number of rotatable bonds is 3. The highest BCUT2D eigenvalue weighted by Gasteiger charge is 2.28. The second-order valence-electron chi connectivity index (χ2n) is 6.59. The molecule has 2 heterocycles. The number of halogens is 1. The Kier molecular flexibility index (Phi) is 4.01. The largest absolute Gasteiger partial charge is 0.321 e. The third kappa shape index (κ3) is 3.02. The van der Waals surface area contributed by atoms with Crippen LogP contribution in [0.4, 0.5) is 5.69 Å². The van der Waals surface area contributed by atoms with Crippen LogP contribution in [0.3, 0.4) is 0 Å². The molecule has 1 aliphatic carbocycles. The van der Waals surface area contributed by atoms with Crippen LogP contribution in [0, 0.1) is 20.8 Å². The number of hydrogen-bond acceptors (Lipinski definition) is 4. The van der Waals surface area contributed by atoms with Crippen LogP contribution < -0.4 is 5.32 Å². The van der Waals surface area contributed by atoms with Crippen LogP contribution in [0.2, 0.25) is 5.02 Å². The first kappa shape index (κ1) is 16.5. The highest BCUT2D eigenvalue weighted by atomic mass is 35.5. The highest BCUT2D eigenvalue weighted by Crippen LogP contribution is 2.40. The normalized spacial score (nSPS) is 14.1. The molecule has 1 amide bonds. The van der Waals surface area contributed by atoms with Gasteiger partial charge in [-0.25, -0.2) is 9.97 Å². The minimum Gasteiger partial charge on any atom is -0.321 e. The highest BCUT2D eigenvalue weighted by molar-refractivity contribution is 7.20. The summed E-state index contributed by atoms with van der Waals surface area (Å²) in [5.74, 6) is 1.29. The van der Waals surface area contributed by atoms with Crippen molar-refractivity contribution in [1.29, 1.82) is 0 Å². The average molecular weight is 372 g/mol. The van der Waals surface area contributed by atoms with Crippen molar-refractivity contribution in [1.82, 2.24) is 9.97 Å². The Morgan fingerprint density at radius 1 is 1.24 bits per heavy atom. The molecule has 0 saturated heterocycles. The molecule has 128 valence electrons. The quantitative estimate of drug-likeness (QED) is 0.670. The smallest absolute Gasteiger partial charge is 0.266 e. The summed E-state index contributed by atoms with van der Waals surface area (Å²) in [4.78, 5) is 23.8. The van der Waals surface area contributed by atoms with E-state index in [1.54, 1.807) is 6.07 Å². The van der Waals surface area contributed by atoms with Crippen molar-refractivity contribution in [2.75, 3.05) is 5.32 Å². The van der Waals surface area contributed by atoms with Crippen molar-refractivity contribution in [3.63, 3.8) is 0 Å². The van der Waals surface area contributed by atoms with E-state index in [0.717, 1.165) is 51.4 Å². The fourth-order valence-electron chi connectivity index (χ4n) is 3.01. The summed E-state index contributed by atoms with van der Waals surface area (Å²) in [6.45, 7) is 5.91. The lowest BCUT2D eigenvalue weighted by Gasteiger charge is -2.08. The first-order valence-electron chi connectivity index (χ1n) is 8.29. The van der Waals surface area contributed by atoms with Crippen LogP contribution in [0.25, 0.3) is 10.2 Å². The van der Waals surface area contributed by atoms with Gasteiger partial charge < -0.3 is 5.32 Å². The van der Waals surface area contributed by atoms with E-state index < -0.39 is 0 Å². The minimum absolute atomic E-state index is 0.127. The SMILES string of the molecule is Cc1ccc(Cl)cc1NC(=O)c1sc2nc(C3CC3)nc(C)c2c1C. The fraction of sp³-hybridized carbons (Fsp3) is 0.316. The van der Waals surface area contributed by atoms with Gasteiger partial charge in [0.1, 0.15) is 10.7 Å². The fourth-order valence-corrected chi connectivity index (χ4v) is 4.31. The van der Waals surface area contributed by atoms with Crippen LogP contribution in [-0.2, 0) is 0 Å². The van der Waals surface area contributed by atoms with Crippen LogP contribution in [-0.4, -0.2) is 15.9 Å². The summed E-state index contributed by atoms with van der Waals surface area (Å²) < 4.78 is 0. The first-order valence-corrected chi connectivity index (χ1v) is 9.48. The Balaban J connectivity index is 1.73. The van der Waals surface area contributed by atoms with Crippen LogP contribution in [0.15, 0.2) is 18.2 Å². The van der Waals surface area contributed by atoms with Crippen molar-refractivity contribution in [2.45, 2.75) is 39.5 Å². The molecule has 0 unspecified atom stereocenters. The lowest BCUT2D eigenvalue weighted by molar-refractivity contribution is 0.103. The Labute approximate surface area is 155 Å². The van der Waals surface area contributed by atoms with Gasteiger partial charge >= 0.3 is 0 Å². The van der Waals surface area contributed by atoms with Gasteiger partial charge in [-0.2, -0.15) is 0 Å². The van der Waals surface area contributed by atoms with Gasteiger partial charge in [0.05, 0.1) is 10.6 Å². The first-order chi connectivity index (χ1) is 11.9. The number of fused-ring (bicyclic) bond motifs is 1. The molecule has 0 bridgehead atoms. The Hall–Kier alpha value is -1.98. The third-order valence-electron chi connectivity index (χ3n) is 4.58. The number of aromatic nitrogens is 2. The predicted octanol–water partition coefficient (Wildman–Crippen LogP) is 5.40. The maximum atomic E-state index is 12.8. The van der Waals surface area contributed by atoms with Gasteiger partial charge in [0, 0.05) is 22.0 Å². The molecule has 0 aliphatic heterocycles. The Morgan fingerprint density at radius 2 is 2.00 bits per heavy atom. The number of nitrogens with one attached hydrogen (secondary N) is 1. The van der Waals surface area contributed by atoms with Crippen molar-refractivity contribution in [2.24, 2.45) is 0 Å². The molecule has 1 aliphatic rings. The number of anilines is 1. The standard InChI is InChI=1S/C19H18ClN3OS/c1-9-4-7-13(20)8-14(9)22-18(24)16-10(2)15-11(3)21-17(12-5-6-12)23-19(15)25-16/h4,7-8,12H,5-6H2,1-3H3,(H,22,24). The van der Waals surface area contributed by atoms with E-state index in [4.69, 9.17) is 16.6 Å². The summed E-state index contributed by atoms with van der Waals surface area (Å²) in [7, 11) is 0. The van der Waals surface area contributed by atoms with Crippen molar-refractivity contribution >= 4 is 44.7 Å². The van der Waals surface area contributed by atoms with Gasteiger partial charge in [0.15, 0.2) is 0 Å². The molecule has 4 nitrogen and oxygen atoms in total. The minimum atomic E-state index is -0.127. The molecule has 4 rings (SSSR count). The van der Waals surface area contributed by atoms with Gasteiger partial charge in [-0.05, 0) is 56.9 Å². The van der Waals surface area contributed by atoms with Gasteiger partial charge in [-0.15, -0.1) is 11.3 Å². The van der Waals surface area contributed by atoms with E-state index in [1.807, 2.05) is 32.9 Å². The van der Waals surface area contributed by atoms with Gasteiger partial charge in [-0.1, -0.05) is 17.7 Å². The summed E-state index contributed by atoms with van der Waals surface area (Å²) in [6, 6.07) is 5.48. The third-order valence-corrected chi connectivity index (χ3v) is 6.00. The average Bonchev–Trinajstić information content (AvgIpc) is 3.35. The number of amides is 1. The van der Waals surface area contributed by atoms with E-state index in [2.05, 4.69) is 10.3 Å². The molecule has 1 saturated carbocycles. The number of nitrogens with zero attached hydrogens (tertiary/aromatic N) is 2. The maximum Gasteiger partial charge on any atom is 0.266 e. The summed E-state index contributed by atoms with van der Waals surface area (Å²) in [5, 5.41) is 4.58. The van der Waals surface area contributed by atoms with Gasteiger partial charge in [-0.3, -0.25) is 4.79 Å². The molecule has 25 heavy (non-hydrogen) atoms. The van der Waals surface area contributed by atoms with E-state index >= 15 is 0 Å². The van der Waals surface area contributed by atoms with E-state index in [-0.39, 0.29) is 5.91 Å². The zero-order valence-corrected chi connectivity index (χ0v) is 15.9. The molecule has 1 aromatic carbocycles. The van der Waals surface area contributed by atoms with Crippen LogP contribution >= 0.6 is 22.9 Å². The number of carbonyl (C=O) groups excluding carboxylic acids is 1. The van der Waals surface area contributed by atoms with Crippen LogP contribution in [0.5, 0.6) is 0 Å². The number of thiophene rings is 1. The van der Waals surface area contributed by atoms with E-state index in [0.29, 0.717) is 15.8 Å². The zero-order valence-electron chi connectivity index (χ0n) is 14.3. The molecule has 0 radical (unpaired) electrons. The molecule has 0 spiro atoms. The molecule has 1 N–H and O–H groups in total. The van der Waals surface area contributed by atoms with Gasteiger partial charge in [0.25, 0.3) is 5.91 Å². The zero-order chi connectivity index (χ0) is 17.7. The molecule has 0 atom stereocenters. The summed E-state index contributed by atoms with van der Waals surface area (Å²) in [6.07, 6.45) is 2.33. The molecule has 6 heteroatoms. The monoisotopic (exact) mass is 371 g/mol. The molecule has 2 aromatic heterocycles. The topological polar surface area (TPSA) is 54.9 Å². The maximum absolute atomic E-state index is 12.8. The lowest BCUT2D eigenvalue weighted by Crippen LogP contribution is -2.12. The second-order valence-corrected chi connectivity index (χ2v) is 8.03. The van der Waals surface area contributed by atoms with E-state index in [1.165, 1.54) is 11.3 Å². The predicted molar refractivity (Wildman–Crippen MR) is 103 cm³/mol. The number of aryl methyl sites for hydroxylation is 3. The number of carbonyl (C=O) groups is 1. The Morgan fingerprint density at radius 3 is 2.72 bits per heavy atom. The van der Waals surface area contributed by atoms with Crippen molar-refractivity contribution in [3.8, 4) is 0 Å². The molecule has 3 aromatic rings. The van der Waals surface area contributed by atoms with Crippen molar-refractivity contribution in [3.05, 3.63) is 50.7 Å². The lowest BCUT2D eigenvalue weighted by atomic mass is 10.1. The van der Waals surface area contributed by atoms with Crippen molar-refractivity contribution < 1.29 is 4.79 Å². The van der Waals surface area contributed by atoms with Gasteiger partial charge in [0.2, 0.25) is 0 Å². The molecular weight excluding hydrogens is 354 g/mol. The number of benzene rings is 1. The second kappa shape index (κ2) is 6.07. The number of hydrogen-bond donors (Lipinski definition) is 1. The Bertz CT molecular complexity index is 1010. The molecular formula is C19H18ClN3OS. The van der Waals surface area contributed by atoms with E-state index in [9.17, 15) is 4.79 Å². The van der Waals surface area contributed by atoms with Crippen LogP contribution in [0.1, 0.15) is 51.1 Å². The summed E-state index contributed by atoms with van der Waals surface area (Å²) in [5.41, 5.74) is 3.61.